The van der Waals surface area contributed by atoms with Crippen LogP contribution < -0.4 is 0 Å². The molecule has 0 saturated carbocycles. The number of esters is 1. The normalized spacial score (nSPS) is 10.7. The van der Waals surface area contributed by atoms with Gasteiger partial charge < -0.3 is 14.4 Å². The molecule has 5 nitrogen and oxygen atoms in total. The molecule has 0 heterocycles. The number of halogens is 2. The summed E-state index contributed by atoms with van der Waals surface area (Å²) < 4.78 is 9.50. The van der Waals surface area contributed by atoms with Gasteiger partial charge >= 0.3 is 5.97 Å². The first-order valence-corrected chi connectivity index (χ1v) is 7.22. The van der Waals surface area contributed by atoms with Crippen LogP contribution in [0.25, 0.3) is 6.08 Å². The molecule has 0 radical (unpaired) electrons. The number of hydrogen-bond acceptors (Lipinski definition) is 4. The van der Waals surface area contributed by atoms with Gasteiger partial charge in [0.1, 0.15) is 6.54 Å². The van der Waals surface area contributed by atoms with Gasteiger partial charge in [-0.25, -0.2) is 0 Å². The molecule has 1 aromatic carbocycles. The zero-order valence-electron chi connectivity index (χ0n) is 12.3. The number of methoxy groups -OCH3 is 2. The molecule has 1 aromatic rings. The maximum Gasteiger partial charge on any atom is 0.325 e. The Morgan fingerprint density at radius 2 is 1.86 bits per heavy atom. The Morgan fingerprint density at radius 3 is 2.41 bits per heavy atom. The van der Waals surface area contributed by atoms with Crippen molar-refractivity contribution in [3.05, 3.63) is 39.9 Å². The van der Waals surface area contributed by atoms with E-state index in [1.807, 2.05) is 0 Å². The number of hydrogen-bond donors (Lipinski definition) is 0. The first-order valence-electron chi connectivity index (χ1n) is 6.46. The molecule has 1 amide bonds. The van der Waals surface area contributed by atoms with Gasteiger partial charge in [0.2, 0.25) is 5.91 Å². The minimum atomic E-state index is -0.506. The zero-order valence-corrected chi connectivity index (χ0v) is 13.9. The Morgan fingerprint density at radius 1 is 1.23 bits per heavy atom. The fourth-order valence-corrected chi connectivity index (χ4v) is 2.14. The van der Waals surface area contributed by atoms with Gasteiger partial charge in [-0.2, -0.15) is 0 Å². The van der Waals surface area contributed by atoms with E-state index in [-0.39, 0.29) is 19.0 Å². The fourth-order valence-electron chi connectivity index (χ4n) is 1.62. The molecule has 0 unspecified atom stereocenters. The van der Waals surface area contributed by atoms with E-state index in [2.05, 4.69) is 4.74 Å². The second kappa shape index (κ2) is 9.46. The van der Waals surface area contributed by atoms with Gasteiger partial charge in [0.25, 0.3) is 0 Å². The molecule has 0 N–H and O–H groups in total. The minimum Gasteiger partial charge on any atom is -0.468 e. The third kappa shape index (κ3) is 5.67. The van der Waals surface area contributed by atoms with Gasteiger partial charge in [0.15, 0.2) is 0 Å². The number of rotatable bonds is 7. The Kier molecular flexibility index (Phi) is 7.95. The van der Waals surface area contributed by atoms with Crippen LogP contribution in [0.5, 0.6) is 0 Å². The average molecular weight is 346 g/mol. The lowest BCUT2D eigenvalue weighted by molar-refractivity contribution is -0.145. The molecular formula is C15H17Cl2NO4. The summed E-state index contributed by atoms with van der Waals surface area (Å²) >= 11 is 12.1. The van der Waals surface area contributed by atoms with Crippen molar-refractivity contribution in [2.45, 2.75) is 0 Å². The van der Waals surface area contributed by atoms with E-state index in [4.69, 9.17) is 27.9 Å². The molecule has 0 bridgehead atoms. The summed E-state index contributed by atoms with van der Waals surface area (Å²) in [5.74, 6) is -0.868. The van der Waals surface area contributed by atoms with Crippen molar-refractivity contribution in [3.63, 3.8) is 0 Å². The van der Waals surface area contributed by atoms with Gasteiger partial charge in [-0.3, -0.25) is 9.59 Å². The first kappa shape index (κ1) is 18.5. The first-order chi connectivity index (χ1) is 10.5. The average Bonchev–Trinajstić information content (AvgIpc) is 2.50. The number of carbonyl (C=O) groups is 2. The van der Waals surface area contributed by atoms with Crippen LogP contribution in [0.3, 0.4) is 0 Å². The van der Waals surface area contributed by atoms with Crippen molar-refractivity contribution in [2.24, 2.45) is 0 Å². The molecule has 0 aliphatic heterocycles. The smallest absolute Gasteiger partial charge is 0.325 e. The lowest BCUT2D eigenvalue weighted by Crippen LogP contribution is -2.37. The maximum absolute atomic E-state index is 12.2. The summed E-state index contributed by atoms with van der Waals surface area (Å²) in [4.78, 5) is 24.9. The lowest BCUT2D eigenvalue weighted by Gasteiger charge is -2.19. The van der Waals surface area contributed by atoms with Crippen molar-refractivity contribution < 1.29 is 19.1 Å². The molecule has 120 valence electrons. The molecule has 22 heavy (non-hydrogen) atoms. The van der Waals surface area contributed by atoms with Crippen molar-refractivity contribution in [3.8, 4) is 0 Å². The molecular weight excluding hydrogens is 329 g/mol. The van der Waals surface area contributed by atoms with Crippen LogP contribution in [0, 0.1) is 0 Å². The summed E-state index contributed by atoms with van der Waals surface area (Å²) in [7, 11) is 2.78. The highest BCUT2D eigenvalue weighted by Gasteiger charge is 2.15. The highest BCUT2D eigenvalue weighted by atomic mass is 35.5. The summed E-state index contributed by atoms with van der Waals surface area (Å²) in [5.41, 5.74) is 0.545. The van der Waals surface area contributed by atoms with E-state index in [9.17, 15) is 9.59 Å². The number of amides is 1. The third-order valence-electron chi connectivity index (χ3n) is 2.82. The lowest BCUT2D eigenvalue weighted by atomic mass is 10.2. The SMILES string of the molecule is COCCN(CC(=O)OC)C(=O)/C=C/c1c(Cl)cccc1Cl. The second-order valence-electron chi connectivity index (χ2n) is 4.30. The number of nitrogens with zero attached hydrogens (tertiary/aromatic N) is 1. The second-order valence-corrected chi connectivity index (χ2v) is 5.11. The molecule has 7 heteroatoms. The molecule has 0 aliphatic rings. The van der Waals surface area contributed by atoms with Gasteiger partial charge in [0.05, 0.1) is 13.7 Å². The monoisotopic (exact) mass is 345 g/mol. The van der Waals surface area contributed by atoms with Crippen molar-refractivity contribution >= 4 is 41.2 Å². The standard InChI is InChI=1S/C15H17Cl2NO4/c1-21-9-8-18(10-15(20)22-2)14(19)7-6-11-12(16)4-3-5-13(11)17/h3-7H,8-10H2,1-2H3/b7-6+. The van der Waals surface area contributed by atoms with E-state index in [0.717, 1.165) is 0 Å². The minimum absolute atomic E-state index is 0.153. The van der Waals surface area contributed by atoms with E-state index in [1.54, 1.807) is 18.2 Å². The van der Waals surface area contributed by atoms with Gasteiger partial charge in [-0.05, 0) is 18.2 Å². The Labute approximate surface area is 139 Å². The van der Waals surface area contributed by atoms with E-state index >= 15 is 0 Å². The summed E-state index contributed by atoms with van der Waals surface area (Å²) in [5, 5.41) is 0.876. The predicted molar refractivity (Wildman–Crippen MR) is 86.0 cm³/mol. The van der Waals surface area contributed by atoms with Gasteiger partial charge in [-0.1, -0.05) is 29.3 Å². The third-order valence-corrected chi connectivity index (χ3v) is 3.48. The molecule has 0 saturated heterocycles. The summed E-state index contributed by atoms with van der Waals surface area (Å²) in [6.45, 7) is 0.424. The molecule has 0 aliphatic carbocycles. The van der Waals surface area contributed by atoms with Crippen LogP contribution in [0.4, 0.5) is 0 Å². The van der Waals surface area contributed by atoms with E-state index in [1.165, 1.54) is 31.3 Å². The summed E-state index contributed by atoms with van der Waals surface area (Å²) in [6, 6.07) is 5.06. The molecule has 0 spiro atoms. The van der Waals surface area contributed by atoms with Crippen molar-refractivity contribution in [1.82, 2.24) is 4.90 Å². The fraction of sp³-hybridized carbons (Fsp3) is 0.333. The van der Waals surface area contributed by atoms with Crippen LogP contribution in [0.15, 0.2) is 24.3 Å². The number of ether oxygens (including phenoxy) is 2. The Bertz CT molecular complexity index is 540. The largest absolute Gasteiger partial charge is 0.468 e. The van der Waals surface area contributed by atoms with Crippen molar-refractivity contribution in [1.29, 1.82) is 0 Å². The zero-order chi connectivity index (χ0) is 16.5. The predicted octanol–water partition coefficient (Wildman–Crippen LogP) is 2.65. The highest BCUT2D eigenvalue weighted by molar-refractivity contribution is 6.37. The Hall–Kier alpha value is -1.56. The Balaban J connectivity index is 2.85. The van der Waals surface area contributed by atoms with Gasteiger partial charge in [0, 0.05) is 35.3 Å². The molecule has 0 atom stereocenters. The van der Waals surface area contributed by atoms with E-state index < -0.39 is 5.97 Å². The number of carbonyl (C=O) groups excluding carboxylic acids is 2. The van der Waals surface area contributed by atoms with Crippen molar-refractivity contribution in [2.75, 3.05) is 33.9 Å². The molecule has 1 rings (SSSR count). The maximum atomic E-state index is 12.2. The van der Waals surface area contributed by atoms with Crippen LogP contribution in [0.1, 0.15) is 5.56 Å². The molecule has 0 fully saturated rings. The molecule has 0 aromatic heterocycles. The van der Waals surface area contributed by atoms with Crippen LogP contribution in [-0.4, -0.2) is 50.7 Å². The van der Waals surface area contributed by atoms with Crippen LogP contribution in [0.2, 0.25) is 10.0 Å². The van der Waals surface area contributed by atoms with Gasteiger partial charge in [-0.15, -0.1) is 0 Å². The van der Waals surface area contributed by atoms with E-state index in [0.29, 0.717) is 22.2 Å². The summed E-state index contributed by atoms with van der Waals surface area (Å²) in [6.07, 6.45) is 2.83. The number of benzene rings is 1. The van der Waals surface area contributed by atoms with Crippen LogP contribution >= 0.6 is 23.2 Å². The highest BCUT2D eigenvalue weighted by Crippen LogP contribution is 2.25. The van der Waals surface area contributed by atoms with Crippen LogP contribution in [-0.2, 0) is 19.1 Å². The quantitative estimate of drug-likeness (QED) is 0.563. The topological polar surface area (TPSA) is 55.8 Å².